The lowest BCUT2D eigenvalue weighted by atomic mass is 9.85. The first-order valence-corrected chi connectivity index (χ1v) is 8.05. The van der Waals surface area contributed by atoms with E-state index in [0.29, 0.717) is 12.5 Å². The van der Waals surface area contributed by atoms with Crippen LogP contribution in [0.2, 0.25) is 0 Å². The number of carboxylic acid groups (broad SMARTS) is 1. The van der Waals surface area contributed by atoms with Crippen LogP contribution in [-0.2, 0) is 11.2 Å². The molecule has 3 rings (SSSR count). The lowest BCUT2D eigenvalue weighted by Crippen LogP contribution is -2.34. The Labute approximate surface area is 117 Å². The van der Waals surface area contributed by atoms with Gasteiger partial charge in [0.25, 0.3) is 0 Å². The van der Waals surface area contributed by atoms with Gasteiger partial charge in [0, 0.05) is 24.4 Å². The Bertz CT molecular complexity index is 460. The van der Waals surface area contributed by atoms with Crippen molar-refractivity contribution in [2.75, 3.05) is 11.4 Å². The summed E-state index contributed by atoms with van der Waals surface area (Å²) in [5.74, 6) is 0.114. The van der Waals surface area contributed by atoms with Gasteiger partial charge in [-0.25, -0.2) is 4.98 Å². The predicted octanol–water partition coefficient (Wildman–Crippen LogP) is 2.93. The van der Waals surface area contributed by atoms with Crippen molar-refractivity contribution in [2.45, 2.75) is 51.0 Å². The fraction of sp³-hybridized carbons (Fsp3) is 0.714. The summed E-state index contributed by atoms with van der Waals surface area (Å²) in [6.45, 7) is 1.13. The maximum atomic E-state index is 10.6. The van der Waals surface area contributed by atoms with E-state index in [0.717, 1.165) is 23.3 Å². The number of hydrogen-bond donors (Lipinski definition) is 1. The van der Waals surface area contributed by atoms with Crippen LogP contribution >= 0.6 is 11.3 Å². The van der Waals surface area contributed by atoms with Crippen molar-refractivity contribution >= 4 is 22.4 Å². The molecule has 1 aliphatic heterocycles. The summed E-state index contributed by atoms with van der Waals surface area (Å²) in [6, 6.07) is 0.687. The van der Waals surface area contributed by atoms with E-state index in [2.05, 4.69) is 9.88 Å². The lowest BCUT2D eigenvalue weighted by molar-refractivity contribution is -0.136. The van der Waals surface area contributed by atoms with Gasteiger partial charge in [0.05, 0.1) is 12.1 Å². The molecular weight excluding hydrogens is 260 g/mol. The highest BCUT2D eigenvalue weighted by Gasteiger charge is 2.36. The zero-order chi connectivity index (χ0) is 13.2. The zero-order valence-corrected chi connectivity index (χ0v) is 11.9. The SMILES string of the molecule is O=C(O)CCc1csc(N2CCC3CCCCC32)n1. The molecule has 2 atom stereocenters. The van der Waals surface area contributed by atoms with Gasteiger partial charge in [-0.2, -0.15) is 0 Å². The second-order valence-corrected chi connectivity index (χ2v) is 6.45. The minimum Gasteiger partial charge on any atom is -0.481 e. The summed E-state index contributed by atoms with van der Waals surface area (Å²) in [7, 11) is 0. The van der Waals surface area contributed by atoms with Crippen molar-refractivity contribution < 1.29 is 9.90 Å². The van der Waals surface area contributed by atoms with Crippen LogP contribution in [0.5, 0.6) is 0 Å². The summed E-state index contributed by atoms with van der Waals surface area (Å²) < 4.78 is 0. The quantitative estimate of drug-likeness (QED) is 0.921. The van der Waals surface area contributed by atoms with Gasteiger partial charge in [-0.1, -0.05) is 12.8 Å². The molecule has 1 aromatic rings. The molecule has 1 saturated carbocycles. The first kappa shape index (κ1) is 12.9. The molecule has 1 saturated heterocycles. The molecule has 1 N–H and O–H groups in total. The van der Waals surface area contributed by atoms with Crippen LogP contribution in [0, 0.1) is 5.92 Å². The third-order valence-electron chi connectivity index (χ3n) is 4.39. The Morgan fingerprint density at radius 3 is 3.11 bits per heavy atom. The average molecular weight is 280 g/mol. The number of hydrogen-bond acceptors (Lipinski definition) is 4. The summed E-state index contributed by atoms with van der Waals surface area (Å²) in [5, 5.41) is 11.8. The molecule has 2 unspecified atom stereocenters. The van der Waals surface area contributed by atoms with Gasteiger partial charge in [-0.05, 0) is 25.2 Å². The monoisotopic (exact) mass is 280 g/mol. The lowest BCUT2D eigenvalue weighted by Gasteiger charge is -2.31. The fourth-order valence-electron chi connectivity index (χ4n) is 3.42. The maximum Gasteiger partial charge on any atom is 0.303 e. The van der Waals surface area contributed by atoms with E-state index in [1.54, 1.807) is 11.3 Å². The maximum absolute atomic E-state index is 10.6. The van der Waals surface area contributed by atoms with Crippen LogP contribution in [0.3, 0.4) is 0 Å². The molecule has 4 nitrogen and oxygen atoms in total. The summed E-state index contributed by atoms with van der Waals surface area (Å²) in [5.41, 5.74) is 0.932. The van der Waals surface area contributed by atoms with Crippen LogP contribution in [0.4, 0.5) is 5.13 Å². The Morgan fingerprint density at radius 1 is 1.42 bits per heavy atom. The third kappa shape index (κ3) is 2.76. The highest BCUT2D eigenvalue weighted by Crippen LogP contribution is 2.39. The van der Waals surface area contributed by atoms with E-state index in [1.807, 2.05) is 5.38 Å². The highest BCUT2D eigenvalue weighted by molar-refractivity contribution is 7.13. The van der Waals surface area contributed by atoms with Gasteiger partial charge in [0.1, 0.15) is 0 Å². The number of anilines is 1. The molecular formula is C14H20N2O2S. The van der Waals surface area contributed by atoms with E-state index in [1.165, 1.54) is 32.1 Å². The zero-order valence-electron chi connectivity index (χ0n) is 11.0. The predicted molar refractivity (Wildman–Crippen MR) is 75.8 cm³/mol. The van der Waals surface area contributed by atoms with Gasteiger partial charge >= 0.3 is 5.97 Å². The number of aryl methyl sites for hydroxylation is 1. The highest BCUT2D eigenvalue weighted by atomic mass is 32.1. The number of carboxylic acids is 1. The smallest absolute Gasteiger partial charge is 0.303 e. The van der Waals surface area contributed by atoms with Crippen molar-refractivity contribution in [3.05, 3.63) is 11.1 Å². The Hall–Kier alpha value is -1.10. The second-order valence-electron chi connectivity index (χ2n) is 5.61. The minimum atomic E-state index is -0.747. The van der Waals surface area contributed by atoms with Gasteiger partial charge in [0.2, 0.25) is 0 Å². The van der Waals surface area contributed by atoms with E-state index in [-0.39, 0.29) is 6.42 Å². The summed E-state index contributed by atoms with van der Waals surface area (Å²) in [6.07, 6.45) is 7.43. The Morgan fingerprint density at radius 2 is 2.26 bits per heavy atom. The molecule has 2 aliphatic rings. The average Bonchev–Trinajstić information content (AvgIpc) is 3.02. The van der Waals surface area contributed by atoms with Crippen molar-refractivity contribution in [3.63, 3.8) is 0 Å². The van der Waals surface area contributed by atoms with E-state index in [4.69, 9.17) is 5.11 Å². The largest absolute Gasteiger partial charge is 0.481 e. The molecule has 0 aromatic carbocycles. The number of fused-ring (bicyclic) bond motifs is 1. The normalized spacial score (nSPS) is 26.4. The molecule has 19 heavy (non-hydrogen) atoms. The fourth-order valence-corrected chi connectivity index (χ4v) is 4.37. The molecule has 2 fully saturated rings. The van der Waals surface area contributed by atoms with Crippen LogP contribution in [0.25, 0.3) is 0 Å². The minimum absolute atomic E-state index is 0.176. The van der Waals surface area contributed by atoms with Crippen molar-refractivity contribution in [1.82, 2.24) is 4.98 Å². The molecule has 2 heterocycles. The van der Waals surface area contributed by atoms with E-state index in [9.17, 15) is 4.79 Å². The number of thiazole rings is 1. The Balaban J connectivity index is 1.67. The van der Waals surface area contributed by atoms with Crippen LogP contribution in [-0.4, -0.2) is 28.6 Å². The van der Waals surface area contributed by atoms with Crippen LogP contribution in [0.15, 0.2) is 5.38 Å². The standard InChI is InChI=1S/C14H20N2O2S/c17-13(18)6-5-11-9-19-14(15-11)16-8-7-10-3-1-2-4-12(10)16/h9-10,12H,1-8H2,(H,17,18). The Kier molecular flexibility index (Phi) is 3.73. The van der Waals surface area contributed by atoms with Crippen molar-refractivity contribution in [3.8, 4) is 0 Å². The van der Waals surface area contributed by atoms with E-state index >= 15 is 0 Å². The first-order chi connectivity index (χ1) is 9.24. The number of nitrogens with zero attached hydrogens (tertiary/aromatic N) is 2. The molecule has 0 radical (unpaired) electrons. The number of aliphatic carboxylic acids is 1. The summed E-state index contributed by atoms with van der Waals surface area (Å²) >= 11 is 1.68. The number of aromatic nitrogens is 1. The molecule has 0 amide bonds. The van der Waals surface area contributed by atoms with Gasteiger partial charge in [-0.15, -0.1) is 11.3 Å². The van der Waals surface area contributed by atoms with Gasteiger partial charge in [-0.3, -0.25) is 4.79 Å². The van der Waals surface area contributed by atoms with Gasteiger partial charge in [0.15, 0.2) is 5.13 Å². The third-order valence-corrected chi connectivity index (χ3v) is 5.32. The van der Waals surface area contributed by atoms with E-state index < -0.39 is 5.97 Å². The second kappa shape index (κ2) is 5.49. The number of carbonyl (C=O) groups is 1. The summed E-state index contributed by atoms with van der Waals surface area (Å²) in [4.78, 5) is 17.7. The topological polar surface area (TPSA) is 53.4 Å². The molecule has 1 aromatic heterocycles. The molecule has 0 bridgehead atoms. The number of rotatable bonds is 4. The van der Waals surface area contributed by atoms with Crippen LogP contribution < -0.4 is 4.90 Å². The van der Waals surface area contributed by atoms with Gasteiger partial charge < -0.3 is 10.0 Å². The molecule has 104 valence electrons. The van der Waals surface area contributed by atoms with Crippen molar-refractivity contribution in [1.29, 1.82) is 0 Å². The molecule has 1 aliphatic carbocycles. The van der Waals surface area contributed by atoms with Crippen LogP contribution in [0.1, 0.15) is 44.2 Å². The first-order valence-electron chi connectivity index (χ1n) is 7.17. The molecule has 5 heteroatoms. The molecule has 0 spiro atoms. The van der Waals surface area contributed by atoms with Crippen molar-refractivity contribution in [2.24, 2.45) is 5.92 Å².